The van der Waals surface area contributed by atoms with Crippen LogP contribution in [0.25, 0.3) is 0 Å². The van der Waals surface area contributed by atoms with Gasteiger partial charge in [-0.3, -0.25) is 4.79 Å². The van der Waals surface area contributed by atoms with Crippen LogP contribution in [0, 0.1) is 5.41 Å². The topological polar surface area (TPSA) is 41.6 Å². The molecule has 94 valence electrons. The van der Waals surface area contributed by atoms with Crippen LogP contribution >= 0.6 is 0 Å². The Kier molecular flexibility index (Phi) is 5.22. The van der Waals surface area contributed by atoms with Gasteiger partial charge < -0.3 is 15.0 Å². The van der Waals surface area contributed by atoms with Gasteiger partial charge in [0.2, 0.25) is 5.91 Å². The maximum Gasteiger partial charge on any atom is 0.236 e. The standard InChI is InChI=1S/C12H24N2O2/c1-12(2,3)4-5-13-10-11(15)14-6-8-16-9-7-14/h13H,4-10H2,1-3H3. The molecule has 0 atom stereocenters. The van der Waals surface area contributed by atoms with Gasteiger partial charge in [0.1, 0.15) is 0 Å². The predicted octanol–water partition coefficient (Wildman–Crippen LogP) is 0.871. The van der Waals surface area contributed by atoms with Crippen molar-refractivity contribution < 1.29 is 9.53 Å². The molecule has 1 saturated heterocycles. The second kappa shape index (κ2) is 6.21. The second-order valence-corrected chi connectivity index (χ2v) is 5.48. The van der Waals surface area contributed by atoms with E-state index in [0.29, 0.717) is 25.2 Å². The van der Waals surface area contributed by atoms with Crippen LogP contribution < -0.4 is 5.32 Å². The van der Waals surface area contributed by atoms with Gasteiger partial charge in [-0.05, 0) is 18.4 Å². The molecule has 1 rings (SSSR count). The number of carbonyl (C=O) groups excluding carboxylic acids is 1. The molecule has 0 radical (unpaired) electrons. The van der Waals surface area contributed by atoms with Crippen molar-refractivity contribution in [3.05, 3.63) is 0 Å². The Hall–Kier alpha value is -0.610. The maximum absolute atomic E-state index is 11.7. The molecular weight excluding hydrogens is 204 g/mol. The zero-order chi connectivity index (χ0) is 12.0. The van der Waals surface area contributed by atoms with Crippen molar-refractivity contribution >= 4 is 5.91 Å². The van der Waals surface area contributed by atoms with Crippen molar-refractivity contribution in [3.63, 3.8) is 0 Å². The lowest BCUT2D eigenvalue weighted by Gasteiger charge is -2.27. The van der Waals surface area contributed by atoms with Gasteiger partial charge >= 0.3 is 0 Å². The number of hydrogen-bond acceptors (Lipinski definition) is 3. The van der Waals surface area contributed by atoms with Gasteiger partial charge in [-0.15, -0.1) is 0 Å². The van der Waals surface area contributed by atoms with Crippen LogP contribution in [0.15, 0.2) is 0 Å². The molecule has 0 bridgehead atoms. The van der Waals surface area contributed by atoms with Crippen molar-refractivity contribution in [3.8, 4) is 0 Å². The van der Waals surface area contributed by atoms with Crippen molar-refractivity contribution in [2.45, 2.75) is 27.2 Å². The SMILES string of the molecule is CC(C)(C)CCNCC(=O)N1CCOCC1. The summed E-state index contributed by atoms with van der Waals surface area (Å²) in [6.45, 7) is 10.8. The van der Waals surface area contributed by atoms with E-state index in [4.69, 9.17) is 4.74 Å². The van der Waals surface area contributed by atoms with Crippen molar-refractivity contribution in [1.29, 1.82) is 0 Å². The van der Waals surface area contributed by atoms with Gasteiger partial charge in [0.05, 0.1) is 19.8 Å². The highest BCUT2D eigenvalue weighted by Crippen LogP contribution is 2.16. The zero-order valence-electron chi connectivity index (χ0n) is 10.7. The van der Waals surface area contributed by atoms with E-state index in [0.717, 1.165) is 26.1 Å². The molecule has 4 nitrogen and oxygen atoms in total. The molecule has 1 fully saturated rings. The summed E-state index contributed by atoms with van der Waals surface area (Å²) in [5.74, 6) is 0.192. The summed E-state index contributed by atoms with van der Waals surface area (Å²) >= 11 is 0. The van der Waals surface area contributed by atoms with Crippen molar-refractivity contribution in [2.75, 3.05) is 39.4 Å². The van der Waals surface area contributed by atoms with Crippen LogP contribution in [0.2, 0.25) is 0 Å². The number of amides is 1. The van der Waals surface area contributed by atoms with E-state index in [9.17, 15) is 4.79 Å². The first-order valence-corrected chi connectivity index (χ1v) is 6.05. The Morgan fingerprint density at radius 2 is 1.94 bits per heavy atom. The van der Waals surface area contributed by atoms with E-state index < -0.39 is 0 Å². The number of carbonyl (C=O) groups is 1. The lowest BCUT2D eigenvalue weighted by Crippen LogP contribution is -2.45. The first-order valence-electron chi connectivity index (χ1n) is 6.05. The highest BCUT2D eigenvalue weighted by atomic mass is 16.5. The summed E-state index contributed by atoms with van der Waals surface area (Å²) < 4.78 is 5.21. The second-order valence-electron chi connectivity index (χ2n) is 5.48. The van der Waals surface area contributed by atoms with Gasteiger partial charge in [0, 0.05) is 13.1 Å². The van der Waals surface area contributed by atoms with E-state index >= 15 is 0 Å². The molecule has 1 heterocycles. The molecule has 0 aliphatic carbocycles. The molecule has 1 N–H and O–H groups in total. The fourth-order valence-electron chi connectivity index (χ4n) is 1.58. The third-order valence-electron chi connectivity index (χ3n) is 2.69. The van der Waals surface area contributed by atoms with Crippen molar-refractivity contribution in [2.24, 2.45) is 5.41 Å². The molecule has 0 aromatic rings. The summed E-state index contributed by atoms with van der Waals surface area (Å²) in [4.78, 5) is 13.6. The van der Waals surface area contributed by atoms with Crippen LogP contribution in [0.1, 0.15) is 27.2 Å². The molecule has 4 heteroatoms. The largest absolute Gasteiger partial charge is 0.378 e. The Morgan fingerprint density at radius 3 is 2.50 bits per heavy atom. The van der Waals surface area contributed by atoms with E-state index in [2.05, 4.69) is 26.1 Å². The van der Waals surface area contributed by atoms with E-state index in [1.165, 1.54) is 0 Å². The summed E-state index contributed by atoms with van der Waals surface area (Å²) in [6, 6.07) is 0. The Bertz CT molecular complexity index is 218. The third-order valence-corrected chi connectivity index (χ3v) is 2.69. The van der Waals surface area contributed by atoms with Crippen LogP contribution in [0.5, 0.6) is 0 Å². The van der Waals surface area contributed by atoms with E-state index in [1.54, 1.807) is 0 Å². The zero-order valence-corrected chi connectivity index (χ0v) is 10.7. The molecule has 1 aliphatic rings. The lowest BCUT2D eigenvalue weighted by atomic mass is 9.92. The minimum Gasteiger partial charge on any atom is -0.378 e. The molecule has 0 unspecified atom stereocenters. The van der Waals surface area contributed by atoms with Crippen molar-refractivity contribution in [1.82, 2.24) is 10.2 Å². The van der Waals surface area contributed by atoms with Crippen LogP contribution in [0.3, 0.4) is 0 Å². The minimum atomic E-state index is 0.192. The molecular formula is C12H24N2O2. The van der Waals surface area contributed by atoms with Gasteiger partial charge in [-0.1, -0.05) is 20.8 Å². The highest BCUT2D eigenvalue weighted by molar-refractivity contribution is 5.78. The summed E-state index contributed by atoms with van der Waals surface area (Å²) in [5, 5.41) is 3.21. The molecule has 1 amide bonds. The number of nitrogens with zero attached hydrogens (tertiary/aromatic N) is 1. The first-order chi connectivity index (χ1) is 7.49. The Labute approximate surface area is 98.3 Å². The smallest absolute Gasteiger partial charge is 0.236 e. The molecule has 0 aromatic carbocycles. The first kappa shape index (κ1) is 13.5. The van der Waals surface area contributed by atoms with Crippen LogP contribution in [-0.2, 0) is 9.53 Å². The number of ether oxygens (including phenoxy) is 1. The van der Waals surface area contributed by atoms with Gasteiger partial charge in [0.15, 0.2) is 0 Å². The average molecular weight is 228 g/mol. The quantitative estimate of drug-likeness (QED) is 0.726. The Morgan fingerprint density at radius 1 is 1.31 bits per heavy atom. The minimum absolute atomic E-state index is 0.192. The molecule has 1 aliphatic heterocycles. The van der Waals surface area contributed by atoms with Crippen LogP contribution in [0.4, 0.5) is 0 Å². The number of morpholine rings is 1. The van der Waals surface area contributed by atoms with E-state index in [-0.39, 0.29) is 5.91 Å². The van der Waals surface area contributed by atoms with E-state index in [1.807, 2.05) is 4.90 Å². The third kappa shape index (κ3) is 5.47. The average Bonchev–Trinajstić information content (AvgIpc) is 2.24. The monoisotopic (exact) mass is 228 g/mol. The number of rotatable bonds is 4. The maximum atomic E-state index is 11.7. The molecule has 16 heavy (non-hydrogen) atoms. The Balaban J connectivity index is 2.10. The lowest BCUT2D eigenvalue weighted by molar-refractivity contribution is -0.134. The van der Waals surface area contributed by atoms with Gasteiger partial charge in [-0.25, -0.2) is 0 Å². The molecule has 0 saturated carbocycles. The summed E-state index contributed by atoms with van der Waals surface area (Å²) in [5.41, 5.74) is 0.328. The summed E-state index contributed by atoms with van der Waals surface area (Å²) in [7, 11) is 0. The highest BCUT2D eigenvalue weighted by Gasteiger charge is 2.16. The molecule has 0 aromatic heterocycles. The predicted molar refractivity (Wildman–Crippen MR) is 64.3 cm³/mol. The number of hydrogen-bond donors (Lipinski definition) is 1. The molecule has 0 spiro atoms. The van der Waals surface area contributed by atoms with Gasteiger partial charge in [-0.2, -0.15) is 0 Å². The summed E-state index contributed by atoms with van der Waals surface area (Å²) in [6.07, 6.45) is 1.09. The number of nitrogens with one attached hydrogen (secondary N) is 1. The van der Waals surface area contributed by atoms with Crippen LogP contribution in [-0.4, -0.2) is 50.2 Å². The van der Waals surface area contributed by atoms with Gasteiger partial charge in [0.25, 0.3) is 0 Å². The fraction of sp³-hybridized carbons (Fsp3) is 0.917. The fourth-order valence-corrected chi connectivity index (χ4v) is 1.58. The normalized spacial score (nSPS) is 17.6.